The lowest BCUT2D eigenvalue weighted by molar-refractivity contribution is 0.0599. The van der Waals surface area contributed by atoms with Gasteiger partial charge in [0.15, 0.2) is 9.84 Å². The molecule has 0 spiro atoms. The molecule has 0 atom stereocenters. The van der Waals surface area contributed by atoms with Crippen LogP contribution in [0.4, 0.5) is 5.69 Å². The van der Waals surface area contributed by atoms with Gasteiger partial charge in [-0.3, -0.25) is 4.72 Å². The number of sulfone groups is 1. The number of ether oxygens (including phenoxy) is 1. The van der Waals surface area contributed by atoms with Gasteiger partial charge in [0.25, 0.3) is 10.0 Å². The van der Waals surface area contributed by atoms with Gasteiger partial charge >= 0.3 is 5.97 Å². The Balaban J connectivity index is 2.49. The van der Waals surface area contributed by atoms with Crippen LogP contribution in [0.5, 0.6) is 0 Å². The number of nitrogens with one attached hydrogen (secondary N) is 1. The molecule has 0 amide bonds. The van der Waals surface area contributed by atoms with Gasteiger partial charge in [-0.1, -0.05) is 6.07 Å². The van der Waals surface area contributed by atoms with Gasteiger partial charge in [0.2, 0.25) is 0 Å². The average Bonchev–Trinajstić information content (AvgIpc) is 2.55. The minimum absolute atomic E-state index is 0.00754. The zero-order valence-electron chi connectivity index (χ0n) is 14.1. The molecule has 10 heteroatoms. The topological polar surface area (TPSA) is 107 Å². The summed E-state index contributed by atoms with van der Waals surface area (Å²) in [7, 11) is -6.36. The minimum atomic E-state index is -4.05. The van der Waals surface area contributed by atoms with Gasteiger partial charge in [0, 0.05) is 10.7 Å². The summed E-state index contributed by atoms with van der Waals surface area (Å²) in [6.45, 7) is 1.64. The van der Waals surface area contributed by atoms with Crippen molar-refractivity contribution in [2.24, 2.45) is 0 Å². The van der Waals surface area contributed by atoms with Crippen molar-refractivity contribution in [3.8, 4) is 0 Å². The van der Waals surface area contributed by atoms with Crippen LogP contribution < -0.4 is 4.72 Å². The summed E-state index contributed by atoms with van der Waals surface area (Å²) in [6.07, 6.45) is 1.04. The molecule has 0 aliphatic heterocycles. The number of esters is 1. The fraction of sp³-hybridized carbons (Fsp3) is 0.188. The summed E-state index contributed by atoms with van der Waals surface area (Å²) in [5.41, 5.74) is 0.735. The van der Waals surface area contributed by atoms with E-state index in [1.807, 2.05) is 0 Å². The molecule has 7 nitrogen and oxygen atoms in total. The predicted molar refractivity (Wildman–Crippen MR) is 101 cm³/mol. The minimum Gasteiger partial charge on any atom is -0.465 e. The van der Waals surface area contributed by atoms with Crippen LogP contribution in [-0.4, -0.2) is 36.2 Å². The number of sulfonamides is 1. The average molecular weight is 462 g/mol. The number of rotatable bonds is 5. The van der Waals surface area contributed by atoms with Crippen molar-refractivity contribution < 1.29 is 26.4 Å². The Morgan fingerprint density at radius 1 is 1.04 bits per heavy atom. The van der Waals surface area contributed by atoms with Crippen molar-refractivity contribution in [2.45, 2.75) is 16.7 Å². The standard InChI is InChI=1S/C16H16BrNO6S2/c1-10-4-5-11(25(3,20)21)9-15(10)18-26(22,23)12-6-7-14(17)13(8-12)16(19)24-2/h4-9,18H,1-3H3. The highest BCUT2D eigenvalue weighted by molar-refractivity contribution is 9.10. The summed E-state index contributed by atoms with van der Waals surface area (Å²) >= 11 is 3.17. The summed E-state index contributed by atoms with van der Waals surface area (Å²) in [6, 6.07) is 8.07. The zero-order valence-corrected chi connectivity index (χ0v) is 17.3. The maximum absolute atomic E-state index is 12.7. The molecule has 0 saturated heterocycles. The highest BCUT2D eigenvalue weighted by atomic mass is 79.9. The first-order valence-corrected chi connectivity index (χ1v) is 11.3. The Morgan fingerprint density at radius 3 is 2.23 bits per heavy atom. The SMILES string of the molecule is COC(=O)c1cc(S(=O)(=O)Nc2cc(S(C)(=O)=O)ccc2C)ccc1Br. The molecule has 1 N–H and O–H groups in total. The quantitative estimate of drug-likeness (QED) is 0.685. The first-order chi connectivity index (χ1) is 12.0. The number of methoxy groups -OCH3 is 1. The normalized spacial score (nSPS) is 11.8. The van der Waals surface area contributed by atoms with E-state index in [1.165, 1.54) is 43.5 Å². The van der Waals surface area contributed by atoms with Crippen LogP contribution in [0.1, 0.15) is 15.9 Å². The summed E-state index contributed by atoms with van der Waals surface area (Å²) in [5.74, 6) is -0.691. The van der Waals surface area contributed by atoms with Crippen molar-refractivity contribution in [2.75, 3.05) is 18.1 Å². The van der Waals surface area contributed by atoms with Crippen LogP contribution in [0.25, 0.3) is 0 Å². The number of carbonyl (C=O) groups excluding carboxylic acids is 1. The smallest absolute Gasteiger partial charge is 0.339 e. The number of halogens is 1. The molecule has 0 bridgehead atoms. The molecule has 0 unspecified atom stereocenters. The third kappa shape index (κ3) is 4.43. The van der Waals surface area contributed by atoms with Crippen LogP contribution in [0.2, 0.25) is 0 Å². The van der Waals surface area contributed by atoms with Crippen molar-refractivity contribution in [1.29, 1.82) is 0 Å². The Morgan fingerprint density at radius 2 is 1.65 bits per heavy atom. The Hall–Kier alpha value is -1.91. The van der Waals surface area contributed by atoms with E-state index in [0.29, 0.717) is 10.0 Å². The first kappa shape index (κ1) is 20.4. The summed E-state index contributed by atoms with van der Waals surface area (Å²) < 4.78 is 56.1. The van der Waals surface area contributed by atoms with Gasteiger partial charge in [-0.05, 0) is 58.7 Å². The van der Waals surface area contributed by atoms with Gasteiger partial charge in [0.1, 0.15) is 0 Å². The number of aryl methyl sites for hydroxylation is 1. The molecule has 0 saturated carbocycles. The highest BCUT2D eigenvalue weighted by Crippen LogP contribution is 2.26. The number of carbonyl (C=O) groups is 1. The van der Waals surface area contributed by atoms with Crippen LogP contribution in [0, 0.1) is 6.92 Å². The van der Waals surface area contributed by atoms with Crippen molar-refractivity contribution in [1.82, 2.24) is 0 Å². The van der Waals surface area contributed by atoms with Crippen LogP contribution in [0.15, 0.2) is 50.7 Å². The highest BCUT2D eigenvalue weighted by Gasteiger charge is 2.20. The molecular formula is C16H16BrNO6S2. The lowest BCUT2D eigenvalue weighted by atomic mass is 10.2. The molecule has 0 heterocycles. The Kier molecular flexibility index (Phi) is 5.79. The van der Waals surface area contributed by atoms with E-state index in [0.717, 1.165) is 6.26 Å². The predicted octanol–water partition coefficient (Wildman–Crippen LogP) is 2.75. The van der Waals surface area contributed by atoms with Gasteiger partial charge in [-0.25, -0.2) is 21.6 Å². The molecule has 26 heavy (non-hydrogen) atoms. The fourth-order valence-electron chi connectivity index (χ4n) is 2.08. The van der Waals surface area contributed by atoms with Crippen molar-refractivity contribution >= 4 is 47.4 Å². The van der Waals surface area contributed by atoms with Gasteiger partial charge in [-0.2, -0.15) is 0 Å². The fourth-order valence-corrected chi connectivity index (χ4v) is 4.29. The summed E-state index contributed by atoms with van der Waals surface area (Å²) in [4.78, 5) is 11.6. The second kappa shape index (κ2) is 7.37. The van der Waals surface area contributed by atoms with E-state index in [-0.39, 0.29) is 21.0 Å². The van der Waals surface area contributed by atoms with Gasteiger partial charge in [-0.15, -0.1) is 0 Å². The lowest BCUT2D eigenvalue weighted by Gasteiger charge is -2.13. The number of anilines is 1. The Labute approximate surface area is 160 Å². The molecule has 140 valence electrons. The molecule has 2 rings (SSSR count). The van der Waals surface area contributed by atoms with Gasteiger partial charge in [0.05, 0.1) is 28.2 Å². The van der Waals surface area contributed by atoms with Crippen molar-refractivity contribution in [3.05, 3.63) is 52.0 Å². The second-order valence-electron chi connectivity index (χ2n) is 5.49. The van der Waals surface area contributed by atoms with Gasteiger partial charge < -0.3 is 4.74 Å². The molecule has 0 aliphatic carbocycles. The number of hydrogen-bond donors (Lipinski definition) is 1. The number of benzene rings is 2. The third-order valence-electron chi connectivity index (χ3n) is 3.53. The molecule has 0 aliphatic rings. The Bertz CT molecular complexity index is 1080. The van der Waals surface area contributed by atoms with E-state index < -0.39 is 25.8 Å². The van der Waals surface area contributed by atoms with Crippen molar-refractivity contribution in [3.63, 3.8) is 0 Å². The third-order valence-corrected chi connectivity index (χ3v) is 6.70. The molecule has 2 aromatic carbocycles. The number of hydrogen-bond acceptors (Lipinski definition) is 6. The molecular weight excluding hydrogens is 446 g/mol. The first-order valence-electron chi connectivity index (χ1n) is 7.17. The van der Waals surface area contributed by atoms with Crippen LogP contribution in [-0.2, 0) is 24.6 Å². The van der Waals surface area contributed by atoms with E-state index in [4.69, 9.17) is 0 Å². The monoisotopic (exact) mass is 461 g/mol. The molecule has 2 aromatic rings. The largest absolute Gasteiger partial charge is 0.465 e. The second-order valence-corrected chi connectivity index (χ2v) is 10.0. The van der Waals surface area contributed by atoms with Crippen LogP contribution in [0.3, 0.4) is 0 Å². The molecule has 0 aromatic heterocycles. The maximum Gasteiger partial charge on any atom is 0.339 e. The van der Waals surface area contributed by atoms with E-state index in [2.05, 4.69) is 25.4 Å². The van der Waals surface area contributed by atoms with Crippen LogP contribution >= 0.6 is 15.9 Å². The maximum atomic E-state index is 12.7. The van der Waals surface area contributed by atoms with E-state index in [9.17, 15) is 21.6 Å². The van der Waals surface area contributed by atoms with E-state index in [1.54, 1.807) is 6.92 Å². The van der Waals surface area contributed by atoms with E-state index >= 15 is 0 Å². The zero-order chi connectivity index (χ0) is 19.7. The summed E-state index contributed by atoms with van der Waals surface area (Å²) in [5, 5.41) is 0. The molecule has 0 fully saturated rings. The lowest BCUT2D eigenvalue weighted by Crippen LogP contribution is -2.15. The molecule has 0 radical (unpaired) electrons.